The van der Waals surface area contributed by atoms with E-state index in [1.807, 2.05) is 0 Å². The SMILES string of the molecule is COC(=O)c1n[nH]c(CC(=O)CS)n1. The van der Waals surface area contributed by atoms with Gasteiger partial charge in [0.15, 0.2) is 0 Å². The first-order valence-electron chi connectivity index (χ1n) is 3.79. The number of hydrogen-bond donors (Lipinski definition) is 2. The van der Waals surface area contributed by atoms with Gasteiger partial charge >= 0.3 is 5.97 Å². The number of esters is 1. The minimum atomic E-state index is -0.633. The van der Waals surface area contributed by atoms with Crippen LogP contribution in [0.4, 0.5) is 0 Å². The Morgan fingerprint density at radius 1 is 1.57 bits per heavy atom. The highest BCUT2D eigenvalue weighted by Gasteiger charge is 2.13. The number of nitrogens with one attached hydrogen (secondary N) is 1. The second-order valence-electron chi connectivity index (χ2n) is 2.47. The smallest absolute Gasteiger partial charge is 0.377 e. The van der Waals surface area contributed by atoms with E-state index < -0.39 is 5.97 Å². The Balaban J connectivity index is 2.68. The summed E-state index contributed by atoms with van der Waals surface area (Å²) in [6.45, 7) is 0. The average Bonchev–Trinajstić information content (AvgIpc) is 2.65. The Morgan fingerprint density at radius 3 is 2.86 bits per heavy atom. The van der Waals surface area contributed by atoms with Crippen molar-refractivity contribution in [3.05, 3.63) is 11.6 Å². The second kappa shape index (κ2) is 4.75. The number of rotatable bonds is 4. The van der Waals surface area contributed by atoms with Gasteiger partial charge in [-0.15, -0.1) is 5.10 Å². The number of Topliss-reactive ketones (excluding diaryl/α,β-unsaturated/α-hetero) is 1. The molecule has 0 amide bonds. The molecule has 1 aromatic heterocycles. The summed E-state index contributed by atoms with van der Waals surface area (Å²) in [6, 6.07) is 0. The lowest BCUT2D eigenvalue weighted by Gasteiger charge is -1.91. The third-order valence-corrected chi connectivity index (χ3v) is 1.79. The van der Waals surface area contributed by atoms with Gasteiger partial charge in [-0.1, -0.05) is 0 Å². The van der Waals surface area contributed by atoms with Gasteiger partial charge in [0.1, 0.15) is 11.6 Å². The normalized spacial score (nSPS) is 9.86. The average molecular weight is 215 g/mol. The molecular formula is C7H9N3O3S. The van der Waals surface area contributed by atoms with Crippen molar-refractivity contribution < 1.29 is 14.3 Å². The lowest BCUT2D eigenvalue weighted by Crippen LogP contribution is -2.06. The van der Waals surface area contributed by atoms with Crippen LogP contribution in [0.15, 0.2) is 0 Å². The highest BCUT2D eigenvalue weighted by Crippen LogP contribution is 1.97. The molecule has 1 N–H and O–H groups in total. The number of ketones is 1. The quantitative estimate of drug-likeness (QED) is 0.529. The van der Waals surface area contributed by atoms with E-state index in [-0.39, 0.29) is 23.8 Å². The number of ether oxygens (including phenoxy) is 1. The van der Waals surface area contributed by atoms with E-state index in [0.717, 1.165) is 0 Å². The first kappa shape index (κ1) is 10.7. The van der Waals surface area contributed by atoms with Crippen LogP contribution >= 0.6 is 12.6 Å². The zero-order valence-corrected chi connectivity index (χ0v) is 8.38. The summed E-state index contributed by atoms with van der Waals surface area (Å²) in [7, 11) is 1.23. The maximum absolute atomic E-state index is 10.9. The fourth-order valence-electron chi connectivity index (χ4n) is 0.800. The number of hydrogen-bond acceptors (Lipinski definition) is 6. The van der Waals surface area contributed by atoms with Crippen LogP contribution in [0.3, 0.4) is 0 Å². The largest absolute Gasteiger partial charge is 0.463 e. The Kier molecular flexibility index (Phi) is 3.63. The third-order valence-electron chi connectivity index (χ3n) is 1.44. The standard InChI is InChI=1S/C7H9N3O3S/c1-13-7(12)6-8-5(9-10-6)2-4(11)3-14/h14H,2-3H2,1H3,(H,8,9,10). The lowest BCUT2D eigenvalue weighted by molar-refractivity contribution is -0.116. The highest BCUT2D eigenvalue weighted by molar-refractivity contribution is 7.81. The van der Waals surface area contributed by atoms with Crippen molar-refractivity contribution in [1.82, 2.24) is 15.2 Å². The molecule has 14 heavy (non-hydrogen) atoms. The maximum atomic E-state index is 10.9. The second-order valence-corrected chi connectivity index (χ2v) is 2.79. The fourth-order valence-corrected chi connectivity index (χ4v) is 0.911. The minimum Gasteiger partial charge on any atom is -0.463 e. The van der Waals surface area contributed by atoms with Crippen molar-refractivity contribution in [2.24, 2.45) is 0 Å². The van der Waals surface area contributed by atoms with Crippen LogP contribution < -0.4 is 0 Å². The van der Waals surface area contributed by atoms with Crippen molar-refractivity contribution in [2.75, 3.05) is 12.9 Å². The number of aromatic amines is 1. The Morgan fingerprint density at radius 2 is 2.29 bits per heavy atom. The molecule has 0 aliphatic rings. The number of thiol groups is 1. The summed E-state index contributed by atoms with van der Waals surface area (Å²) in [6.07, 6.45) is 0.0908. The minimum absolute atomic E-state index is 0.0746. The van der Waals surface area contributed by atoms with Gasteiger partial charge in [0.25, 0.3) is 5.82 Å². The van der Waals surface area contributed by atoms with E-state index in [1.54, 1.807) is 0 Å². The van der Waals surface area contributed by atoms with Gasteiger partial charge in [-0.3, -0.25) is 9.89 Å². The molecule has 0 aliphatic carbocycles. The van der Waals surface area contributed by atoms with Crippen LogP contribution in [-0.4, -0.2) is 39.8 Å². The predicted octanol–water partition coefficient (Wildman–Crippen LogP) is -0.367. The summed E-state index contributed by atoms with van der Waals surface area (Å²) in [5.41, 5.74) is 0. The first-order valence-corrected chi connectivity index (χ1v) is 4.42. The van der Waals surface area contributed by atoms with Crippen molar-refractivity contribution in [2.45, 2.75) is 6.42 Å². The molecule has 0 aromatic carbocycles. The number of carbonyl (C=O) groups excluding carboxylic acids is 2. The Labute approximate surface area is 85.5 Å². The molecular weight excluding hydrogens is 206 g/mol. The summed E-state index contributed by atoms with van der Waals surface area (Å²) in [5, 5.41) is 6.06. The molecule has 1 aromatic rings. The summed E-state index contributed by atoms with van der Waals surface area (Å²) in [4.78, 5) is 25.6. The van der Waals surface area contributed by atoms with E-state index in [4.69, 9.17) is 0 Å². The molecule has 76 valence electrons. The molecule has 0 aliphatic heterocycles. The number of H-pyrrole nitrogens is 1. The van der Waals surface area contributed by atoms with E-state index in [2.05, 4.69) is 32.5 Å². The number of nitrogens with zero attached hydrogens (tertiary/aromatic N) is 2. The van der Waals surface area contributed by atoms with Crippen LogP contribution in [0.1, 0.15) is 16.4 Å². The molecule has 0 bridgehead atoms. The van der Waals surface area contributed by atoms with Gasteiger partial charge in [0.05, 0.1) is 13.5 Å². The predicted molar refractivity (Wildman–Crippen MR) is 50.3 cm³/mol. The van der Waals surface area contributed by atoms with Crippen LogP contribution in [0, 0.1) is 0 Å². The molecule has 7 heteroatoms. The summed E-state index contributed by atoms with van der Waals surface area (Å²) < 4.78 is 4.40. The van der Waals surface area contributed by atoms with Crippen molar-refractivity contribution in [3.8, 4) is 0 Å². The maximum Gasteiger partial charge on any atom is 0.377 e. The van der Waals surface area contributed by atoms with E-state index in [9.17, 15) is 9.59 Å². The Bertz CT molecular complexity index is 350. The van der Waals surface area contributed by atoms with Crippen molar-refractivity contribution in [3.63, 3.8) is 0 Å². The number of aromatic nitrogens is 3. The summed E-state index contributed by atoms with van der Waals surface area (Å²) >= 11 is 3.81. The zero-order chi connectivity index (χ0) is 10.6. The van der Waals surface area contributed by atoms with E-state index in [1.165, 1.54) is 7.11 Å². The monoisotopic (exact) mass is 215 g/mol. The molecule has 0 unspecified atom stereocenters. The fraction of sp³-hybridized carbons (Fsp3) is 0.429. The van der Waals surface area contributed by atoms with Crippen molar-refractivity contribution >= 4 is 24.4 Å². The van der Waals surface area contributed by atoms with Crippen LogP contribution in [0.2, 0.25) is 0 Å². The van der Waals surface area contributed by atoms with E-state index in [0.29, 0.717) is 5.82 Å². The van der Waals surface area contributed by atoms with Gasteiger partial charge in [0, 0.05) is 5.75 Å². The van der Waals surface area contributed by atoms with Gasteiger partial charge in [-0.25, -0.2) is 9.78 Å². The molecule has 0 spiro atoms. The zero-order valence-electron chi connectivity index (χ0n) is 7.48. The third kappa shape index (κ3) is 2.56. The van der Waals surface area contributed by atoms with Gasteiger partial charge in [-0.05, 0) is 0 Å². The number of methoxy groups -OCH3 is 1. The molecule has 0 fully saturated rings. The highest BCUT2D eigenvalue weighted by atomic mass is 32.1. The molecule has 0 saturated carbocycles. The van der Waals surface area contributed by atoms with Gasteiger partial charge < -0.3 is 4.74 Å². The number of carbonyl (C=O) groups is 2. The molecule has 0 radical (unpaired) electrons. The molecule has 1 rings (SSSR count). The molecule has 0 saturated heterocycles. The van der Waals surface area contributed by atoms with Crippen LogP contribution in [0.5, 0.6) is 0 Å². The van der Waals surface area contributed by atoms with Gasteiger partial charge in [0.2, 0.25) is 0 Å². The Hall–Kier alpha value is -1.37. The van der Waals surface area contributed by atoms with Crippen LogP contribution in [0.25, 0.3) is 0 Å². The first-order chi connectivity index (χ1) is 6.67. The van der Waals surface area contributed by atoms with Gasteiger partial charge in [-0.2, -0.15) is 12.6 Å². The molecule has 0 atom stereocenters. The molecule has 6 nitrogen and oxygen atoms in total. The topological polar surface area (TPSA) is 84.9 Å². The van der Waals surface area contributed by atoms with Crippen molar-refractivity contribution in [1.29, 1.82) is 0 Å². The van der Waals surface area contributed by atoms with Crippen LogP contribution in [-0.2, 0) is 16.0 Å². The summed E-state index contributed by atoms with van der Waals surface area (Å²) in [5.74, 6) is -0.334. The van der Waals surface area contributed by atoms with E-state index >= 15 is 0 Å². The molecule has 1 heterocycles. The lowest BCUT2D eigenvalue weighted by atomic mass is 10.3.